The average molecular weight is 379 g/mol. The van der Waals surface area contributed by atoms with Crippen LogP contribution in [0.1, 0.15) is 39.5 Å². The summed E-state index contributed by atoms with van der Waals surface area (Å²) >= 11 is 0. The summed E-state index contributed by atoms with van der Waals surface area (Å²) < 4.78 is 0. The van der Waals surface area contributed by atoms with Gasteiger partial charge in [-0.2, -0.15) is 0 Å². The van der Waals surface area contributed by atoms with Gasteiger partial charge in [-0.1, -0.05) is 12.1 Å². The van der Waals surface area contributed by atoms with Crippen molar-refractivity contribution in [2.75, 3.05) is 31.5 Å². The van der Waals surface area contributed by atoms with Crippen LogP contribution in [0.15, 0.2) is 24.5 Å². The first-order valence-electron chi connectivity index (χ1n) is 10.5. The van der Waals surface area contributed by atoms with Crippen LogP contribution in [0.4, 0.5) is 11.5 Å². The molecule has 2 heterocycles. The Morgan fingerprint density at radius 3 is 2.50 bits per heavy atom. The van der Waals surface area contributed by atoms with Crippen molar-refractivity contribution in [2.24, 2.45) is 0 Å². The van der Waals surface area contributed by atoms with Gasteiger partial charge in [-0.3, -0.25) is 9.80 Å². The predicted molar refractivity (Wildman–Crippen MR) is 114 cm³/mol. The molecule has 2 fully saturated rings. The molecule has 2 aromatic rings. The molecule has 1 aliphatic carbocycles. The van der Waals surface area contributed by atoms with E-state index < -0.39 is 0 Å². The van der Waals surface area contributed by atoms with E-state index in [1.165, 1.54) is 51.9 Å². The number of fused-ring (bicyclic) bond motifs is 1. The second-order valence-corrected chi connectivity index (χ2v) is 8.35. The van der Waals surface area contributed by atoms with Crippen LogP contribution in [-0.2, 0) is 0 Å². The fourth-order valence-electron chi connectivity index (χ4n) is 4.63. The lowest BCUT2D eigenvalue weighted by Gasteiger charge is -2.43. The van der Waals surface area contributed by atoms with Crippen LogP contribution in [0.2, 0.25) is 0 Å². The van der Waals surface area contributed by atoms with Gasteiger partial charge in [0.25, 0.3) is 0 Å². The van der Waals surface area contributed by atoms with E-state index in [4.69, 9.17) is 6.57 Å². The number of anilines is 1. The smallest absolute Gasteiger partial charge is 0.189 e. The minimum Gasteiger partial charge on any atom is -0.367 e. The van der Waals surface area contributed by atoms with E-state index in [0.717, 1.165) is 22.8 Å². The Kier molecular flexibility index (Phi) is 5.74. The minimum atomic E-state index is 0.465. The number of nitrogens with one attached hydrogen (secondary N) is 1. The highest BCUT2D eigenvalue weighted by Gasteiger charge is 2.29. The van der Waals surface area contributed by atoms with E-state index in [2.05, 4.69) is 43.8 Å². The zero-order chi connectivity index (χ0) is 19.5. The third-order valence-corrected chi connectivity index (χ3v) is 6.38. The molecule has 0 atom stereocenters. The summed E-state index contributed by atoms with van der Waals surface area (Å²) in [6.45, 7) is 16.6. The van der Waals surface area contributed by atoms with Gasteiger partial charge in [0, 0.05) is 49.7 Å². The normalized spacial score (nSPS) is 24.4. The maximum Gasteiger partial charge on any atom is 0.189 e. The van der Waals surface area contributed by atoms with Gasteiger partial charge >= 0.3 is 0 Å². The lowest BCUT2D eigenvalue weighted by atomic mass is 9.89. The van der Waals surface area contributed by atoms with Crippen LogP contribution in [0.25, 0.3) is 15.7 Å². The van der Waals surface area contributed by atoms with E-state index in [1.807, 2.05) is 18.2 Å². The summed E-state index contributed by atoms with van der Waals surface area (Å²) in [5.41, 5.74) is 1.46. The van der Waals surface area contributed by atoms with Gasteiger partial charge in [0.1, 0.15) is 12.1 Å². The highest BCUT2D eigenvalue weighted by molar-refractivity contribution is 5.91. The summed E-state index contributed by atoms with van der Waals surface area (Å²) in [5.74, 6) is 0.899. The molecule has 0 spiro atoms. The highest BCUT2D eigenvalue weighted by atomic mass is 15.3. The molecule has 4 rings (SSSR count). The molecule has 148 valence electrons. The largest absolute Gasteiger partial charge is 0.367 e. The average Bonchev–Trinajstić information content (AvgIpc) is 2.74. The second-order valence-electron chi connectivity index (χ2n) is 8.35. The number of benzene rings is 1. The molecule has 6 heteroatoms. The molecule has 6 nitrogen and oxygen atoms in total. The molecule has 28 heavy (non-hydrogen) atoms. The Labute approximate surface area is 167 Å². The summed E-state index contributed by atoms with van der Waals surface area (Å²) in [7, 11) is 0. The summed E-state index contributed by atoms with van der Waals surface area (Å²) in [6, 6.07) is 7.50. The van der Waals surface area contributed by atoms with Crippen molar-refractivity contribution in [3.05, 3.63) is 35.9 Å². The number of rotatable bonds is 4. The van der Waals surface area contributed by atoms with Crippen molar-refractivity contribution < 1.29 is 0 Å². The van der Waals surface area contributed by atoms with Crippen molar-refractivity contribution in [1.29, 1.82) is 0 Å². The Bertz CT molecular complexity index is 842. The second kappa shape index (κ2) is 8.42. The Hall–Kier alpha value is -2.23. The lowest BCUT2D eigenvalue weighted by molar-refractivity contribution is 0.0631. The quantitative estimate of drug-likeness (QED) is 0.817. The summed E-state index contributed by atoms with van der Waals surface area (Å²) in [5, 5.41) is 4.65. The number of aromatic nitrogens is 2. The van der Waals surface area contributed by atoms with Crippen molar-refractivity contribution in [2.45, 2.75) is 57.7 Å². The van der Waals surface area contributed by atoms with Gasteiger partial charge in [-0.25, -0.2) is 14.8 Å². The van der Waals surface area contributed by atoms with Gasteiger partial charge in [0.05, 0.1) is 12.1 Å². The first-order chi connectivity index (χ1) is 13.6. The third kappa shape index (κ3) is 4.11. The predicted octanol–water partition coefficient (Wildman–Crippen LogP) is 3.93. The van der Waals surface area contributed by atoms with Crippen LogP contribution in [0, 0.1) is 6.57 Å². The molecular formula is C22H30N6. The molecule has 0 bridgehead atoms. The monoisotopic (exact) mass is 378 g/mol. The molecular weight excluding hydrogens is 348 g/mol. The topological polar surface area (TPSA) is 48.7 Å². The zero-order valence-electron chi connectivity index (χ0n) is 16.9. The van der Waals surface area contributed by atoms with Crippen molar-refractivity contribution in [3.63, 3.8) is 0 Å². The van der Waals surface area contributed by atoms with E-state index in [0.29, 0.717) is 17.8 Å². The number of nitrogens with zero attached hydrogens (tertiary/aromatic N) is 5. The SMILES string of the molecule is [C-]#[N+]c1ccc2c(NC3CCC(N4CCN(C(C)C)CC4)CC3)ncnc2c1. The van der Waals surface area contributed by atoms with Crippen LogP contribution < -0.4 is 5.32 Å². The molecule has 1 N–H and O–H groups in total. The van der Waals surface area contributed by atoms with E-state index in [-0.39, 0.29) is 0 Å². The van der Waals surface area contributed by atoms with Crippen molar-refractivity contribution in [1.82, 2.24) is 19.8 Å². The highest BCUT2D eigenvalue weighted by Crippen LogP contribution is 2.29. The van der Waals surface area contributed by atoms with Gasteiger partial charge in [0.2, 0.25) is 0 Å². The Balaban J connectivity index is 1.34. The molecule has 0 amide bonds. The molecule has 2 aliphatic rings. The molecule has 1 saturated heterocycles. The minimum absolute atomic E-state index is 0.465. The first kappa shape index (κ1) is 19.1. The van der Waals surface area contributed by atoms with Gasteiger partial charge in [-0.15, -0.1) is 0 Å². The molecule has 1 aromatic carbocycles. The maximum absolute atomic E-state index is 7.17. The van der Waals surface area contributed by atoms with Crippen LogP contribution in [0.5, 0.6) is 0 Å². The van der Waals surface area contributed by atoms with E-state index in [1.54, 1.807) is 6.33 Å². The molecule has 0 unspecified atom stereocenters. The van der Waals surface area contributed by atoms with Gasteiger partial charge in [-0.05, 0) is 45.6 Å². The fraction of sp³-hybridized carbons (Fsp3) is 0.591. The van der Waals surface area contributed by atoms with Gasteiger partial charge < -0.3 is 5.32 Å². The zero-order valence-corrected chi connectivity index (χ0v) is 16.9. The first-order valence-corrected chi connectivity index (χ1v) is 10.5. The van der Waals surface area contributed by atoms with E-state index in [9.17, 15) is 0 Å². The number of hydrogen-bond donors (Lipinski definition) is 1. The molecule has 0 radical (unpaired) electrons. The van der Waals surface area contributed by atoms with Crippen LogP contribution in [0.3, 0.4) is 0 Å². The van der Waals surface area contributed by atoms with Crippen LogP contribution in [-0.4, -0.2) is 64.1 Å². The summed E-state index contributed by atoms with van der Waals surface area (Å²) in [6.07, 6.45) is 6.47. The lowest BCUT2D eigenvalue weighted by Crippen LogP contribution is -2.53. The molecule has 1 saturated carbocycles. The molecule has 1 aromatic heterocycles. The van der Waals surface area contributed by atoms with Crippen molar-refractivity contribution in [3.8, 4) is 0 Å². The Morgan fingerprint density at radius 1 is 1.07 bits per heavy atom. The summed E-state index contributed by atoms with van der Waals surface area (Å²) in [4.78, 5) is 17.6. The standard InChI is InChI=1S/C22H30N6/c1-16(2)27-10-12-28(13-11-27)19-7-4-17(5-8-19)26-22-20-9-6-18(23-3)14-21(20)24-15-25-22/h6,9,14-17,19H,4-5,7-8,10-13H2,1-2H3,(H,24,25,26). The van der Waals surface area contributed by atoms with Gasteiger partial charge in [0.15, 0.2) is 5.69 Å². The Morgan fingerprint density at radius 2 is 1.82 bits per heavy atom. The maximum atomic E-state index is 7.17. The fourth-order valence-corrected chi connectivity index (χ4v) is 4.63. The van der Waals surface area contributed by atoms with E-state index >= 15 is 0 Å². The van der Waals surface area contributed by atoms with Crippen LogP contribution >= 0.6 is 0 Å². The third-order valence-electron chi connectivity index (χ3n) is 6.38. The van der Waals surface area contributed by atoms with Crippen molar-refractivity contribution >= 4 is 22.4 Å². The molecule has 1 aliphatic heterocycles. The number of piperazine rings is 1. The number of hydrogen-bond acceptors (Lipinski definition) is 5.